The summed E-state index contributed by atoms with van der Waals surface area (Å²) >= 11 is 4.06. The number of carbonyl (C=O) groups is 1. The number of nitrogens with one attached hydrogen (secondary N) is 1. The second-order valence-corrected chi connectivity index (χ2v) is 11.3. The Morgan fingerprint density at radius 3 is 2.60 bits per heavy atom. The van der Waals surface area contributed by atoms with Gasteiger partial charge in [0.2, 0.25) is 0 Å². The largest absolute Gasteiger partial charge is 0.322 e. The Morgan fingerprint density at radius 1 is 1.06 bits per heavy atom. The number of rotatable bonds is 5. The minimum Gasteiger partial charge on any atom is -0.322 e. The minimum absolute atomic E-state index is 0.0672. The maximum Gasteiger partial charge on any atom is 0.259 e. The number of hydrogen-bond acceptors (Lipinski definition) is 3. The van der Waals surface area contributed by atoms with E-state index in [2.05, 4.69) is 77.5 Å². The Hall–Kier alpha value is -2.71. The highest BCUT2D eigenvalue weighted by Gasteiger charge is 2.25. The lowest BCUT2D eigenvalue weighted by Gasteiger charge is -2.12. The Kier molecular flexibility index (Phi) is 6.93. The molecule has 1 N–H and O–H groups in total. The SMILES string of the molecule is Cc1ccc(-n2c(C)cc(C=Nc3sc4c(c3C(=O)Nc3ccccc3)CCCC4)c2C)cc1I. The number of carbonyl (C=O) groups excluding carboxylic acids is 1. The summed E-state index contributed by atoms with van der Waals surface area (Å²) < 4.78 is 3.52. The minimum atomic E-state index is -0.0672. The Morgan fingerprint density at radius 2 is 1.83 bits per heavy atom. The molecule has 35 heavy (non-hydrogen) atoms. The van der Waals surface area contributed by atoms with Crippen LogP contribution in [-0.4, -0.2) is 16.7 Å². The van der Waals surface area contributed by atoms with E-state index in [9.17, 15) is 4.79 Å². The molecular weight excluding hydrogens is 565 g/mol. The van der Waals surface area contributed by atoms with Crippen LogP contribution < -0.4 is 5.32 Å². The molecule has 0 unspecified atom stereocenters. The number of aryl methyl sites for hydroxylation is 3. The predicted octanol–water partition coefficient (Wildman–Crippen LogP) is 7.95. The van der Waals surface area contributed by atoms with Gasteiger partial charge >= 0.3 is 0 Å². The molecule has 0 aliphatic heterocycles. The molecule has 4 aromatic rings. The average molecular weight is 594 g/mol. The van der Waals surface area contributed by atoms with Gasteiger partial charge in [0.25, 0.3) is 5.91 Å². The third-order valence-electron chi connectivity index (χ3n) is 6.62. The third kappa shape index (κ3) is 4.86. The number of nitrogens with zero attached hydrogens (tertiary/aromatic N) is 2. The summed E-state index contributed by atoms with van der Waals surface area (Å²) in [5.41, 5.74) is 8.54. The summed E-state index contributed by atoms with van der Waals surface area (Å²) in [6, 6.07) is 18.4. The highest BCUT2D eigenvalue weighted by atomic mass is 127. The molecule has 0 bridgehead atoms. The fourth-order valence-corrected chi connectivity index (χ4v) is 6.49. The van der Waals surface area contributed by atoms with Crippen molar-refractivity contribution in [1.82, 2.24) is 4.57 Å². The lowest BCUT2D eigenvalue weighted by Crippen LogP contribution is -2.14. The van der Waals surface area contributed by atoms with E-state index in [1.807, 2.05) is 36.5 Å². The lowest BCUT2D eigenvalue weighted by atomic mass is 9.95. The first kappa shape index (κ1) is 24.0. The molecule has 2 aromatic heterocycles. The van der Waals surface area contributed by atoms with E-state index in [4.69, 9.17) is 4.99 Å². The quantitative estimate of drug-likeness (QED) is 0.185. The molecule has 5 rings (SSSR count). The van der Waals surface area contributed by atoms with Crippen LogP contribution in [-0.2, 0) is 12.8 Å². The van der Waals surface area contributed by atoms with Crippen molar-refractivity contribution < 1.29 is 4.79 Å². The van der Waals surface area contributed by atoms with Crippen molar-refractivity contribution in [2.24, 2.45) is 4.99 Å². The first-order valence-corrected chi connectivity index (χ1v) is 13.8. The van der Waals surface area contributed by atoms with Crippen molar-refractivity contribution in [3.8, 4) is 5.69 Å². The number of anilines is 1. The summed E-state index contributed by atoms with van der Waals surface area (Å²) in [5, 5.41) is 3.88. The highest BCUT2D eigenvalue weighted by molar-refractivity contribution is 14.1. The summed E-state index contributed by atoms with van der Waals surface area (Å²) in [5.74, 6) is -0.0672. The molecule has 1 aliphatic carbocycles. The summed E-state index contributed by atoms with van der Waals surface area (Å²) in [7, 11) is 0. The number of halogens is 1. The number of amides is 1. The van der Waals surface area contributed by atoms with Crippen LogP contribution in [0.2, 0.25) is 0 Å². The van der Waals surface area contributed by atoms with Crippen molar-refractivity contribution in [2.75, 3.05) is 5.32 Å². The van der Waals surface area contributed by atoms with Crippen molar-refractivity contribution in [3.63, 3.8) is 0 Å². The lowest BCUT2D eigenvalue weighted by molar-refractivity contribution is 0.102. The Labute approximate surface area is 224 Å². The van der Waals surface area contributed by atoms with Crippen LogP contribution in [0.1, 0.15) is 56.2 Å². The Balaban J connectivity index is 1.50. The van der Waals surface area contributed by atoms with Crippen molar-refractivity contribution >= 4 is 56.7 Å². The van der Waals surface area contributed by atoms with E-state index in [0.717, 1.165) is 58.2 Å². The van der Waals surface area contributed by atoms with Gasteiger partial charge in [-0.2, -0.15) is 0 Å². The summed E-state index contributed by atoms with van der Waals surface area (Å²) in [6.45, 7) is 6.38. The van der Waals surface area contributed by atoms with Gasteiger partial charge in [0.1, 0.15) is 5.00 Å². The van der Waals surface area contributed by atoms with Gasteiger partial charge in [-0.05, 0) is 111 Å². The normalized spacial score (nSPS) is 13.3. The first-order chi connectivity index (χ1) is 16.9. The summed E-state index contributed by atoms with van der Waals surface area (Å²) in [6.07, 6.45) is 6.19. The van der Waals surface area contributed by atoms with E-state index in [-0.39, 0.29) is 5.91 Å². The molecule has 0 saturated carbocycles. The van der Waals surface area contributed by atoms with Gasteiger partial charge in [-0.3, -0.25) is 4.79 Å². The van der Waals surface area contributed by atoms with Crippen LogP contribution in [0.3, 0.4) is 0 Å². The van der Waals surface area contributed by atoms with Crippen molar-refractivity contribution in [2.45, 2.75) is 46.5 Å². The number of aromatic nitrogens is 1. The van der Waals surface area contributed by atoms with Gasteiger partial charge in [-0.15, -0.1) is 11.3 Å². The van der Waals surface area contributed by atoms with Crippen LogP contribution >= 0.6 is 33.9 Å². The van der Waals surface area contributed by atoms with Gasteiger partial charge in [0.05, 0.1) is 5.56 Å². The van der Waals surface area contributed by atoms with Crippen molar-refractivity contribution in [3.05, 3.63) is 96.7 Å². The van der Waals surface area contributed by atoms with Gasteiger partial charge in [0.15, 0.2) is 0 Å². The maximum absolute atomic E-state index is 13.4. The average Bonchev–Trinajstić information content (AvgIpc) is 3.36. The van der Waals surface area contributed by atoms with Gasteiger partial charge in [0, 0.05) is 43.0 Å². The second-order valence-electron chi connectivity index (χ2n) is 9.06. The number of thiophene rings is 1. The van der Waals surface area contributed by atoms with Gasteiger partial charge in [-0.1, -0.05) is 24.3 Å². The molecule has 178 valence electrons. The number of fused-ring (bicyclic) bond motifs is 1. The Bertz CT molecular complexity index is 1430. The van der Waals surface area contributed by atoms with Crippen LogP contribution in [0, 0.1) is 24.3 Å². The number of aliphatic imine (C=N–C) groups is 1. The molecule has 4 nitrogen and oxygen atoms in total. The van der Waals surface area contributed by atoms with Gasteiger partial charge in [-0.25, -0.2) is 4.99 Å². The molecule has 1 aliphatic rings. The van der Waals surface area contributed by atoms with Crippen LogP contribution in [0.25, 0.3) is 5.69 Å². The van der Waals surface area contributed by atoms with E-state index in [0.29, 0.717) is 0 Å². The molecule has 0 saturated heterocycles. The van der Waals surface area contributed by atoms with Crippen LogP contribution in [0.4, 0.5) is 10.7 Å². The molecule has 0 spiro atoms. The topological polar surface area (TPSA) is 46.4 Å². The molecular formula is C29H28IN3OS. The summed E-state index contributed by atoms with van der Waals surface area (Å²) in [4.78, 5) is 19.6. The van der Waals surface area contributed by atoms with E-state index < -0.39 is 0 Å². The maximum atomic E-state index is 13.4. The molecule has 0 atom stereocenters. The number of para-hydroxylation sites is 1. The van der Waals surface area contributed by atoms with Crippen molar-refractivity contribution in [1.29, 1.82) is 0 Å². The second kappa shape index (κ2) is 10.1. The van der Waals surface area contributed by atoms with Crippen LogP contribution in [0.15, 0.2) is 59.6 Å². The first-order valence-electron chi connectivity index (χ1n) is 11.9. The molecule has 0 fully saturated rings. The molecule has 2 heterocycles. The third-order valence-corrected chi connectivity index (χ3v) is 8.98. The zero-order valence-corrected chi connectivity index (χ0v) is 23.2. The molecule has 6 heteroatoms. The van der Waals surface area contributed by atoms with E-state index in [1.165, 1.54) is 26.0 Å². The zero-order chi connectivity index (χ0) is 24.5. The predicted molar refractivity (Wildman–Crippen MR) is 155 cm³/mol. The molecule has 2 aromatic carbocycles. The standard InChI is InChI=1S/C29H28IN3OS/c1-18-13-14-23(16-25(18)30)33-19(2)15-21(20(33)3)17-31-29-27(24-11-7-8-12-26(24)35-29)28(34)32-22-9-5-4-6-10-22/h4-6,9-10,13-17H,7-8,11-12H2,1-3H3,(H,32,34). The van der Waals surface area contributed by atoms with E-state index in [1.54, 1.807) is 11.3 Å². The fourth-order valence-electron chi connectivity index (χ4n) is 4.76. The van der Waals surface area contributed by atoms with Gasteiger partial charge < -0.3 is 9.88 Å². The van der Waals surface area contributed by atoms with Crippen LogP contribution in [0.5, 0.6) is 0 Å². The number of benzene rings is 2. The fraction of sp³-hybridized carbons (Fsp3) is 0.241. The smallest absolute Gasteiger partial charge is 0.259 e. The monoisotopic (exact) mass is 593 g/mol. The van der Waals surface area contributed by atoms with E-state index >= 15 is 0 Å². The number of hydrogen-bond donors (Lipinski definition) is 1. The molecule has 1 amide bonds. The molecule has 0 radical (unpaired) electrons. The highest BCUT2D eigenvalue weighted by Crippen LogP contribution is 2.40. The zero-order valence-electron chi connectivity index (χ0n) is 20.2.